The Labute approximate surface area is 149 Å². The molecule has 4 nitrogen and oxygen atoms in total. The lowest BCUT2D eigenvalue weighted by atomic mass is 10.1. The molecular weight excluding hydrogens is 324 g/mol. The van der Waals surface area contributed by atoms with Crippen molar-refractivity contribution < 1.29 is 9.15 Å². The Balaban J connectivity index is 0.00000208. The van der Waals surface area contributed by atoms with Gasteiger partial charge < -0.3 is 14.5 Å². The Morgan fingerprint density at radius 1 is 1.21 bits per heavy atom. The molecule has 0 amide bonds. The van der Waals surface area contributed by atoms with Crippen LogP contribution in [0.3, 0.4) is 0 Å². The second-order valence-electron chi connectivity index (χ2n) is 5.88. The van der Waals surface area contributed by atoms with Crippen LogP contribution in [0.2, 0.25) is 0 Å². The van der Waals surface area contributed by atoms with Gasteiger partial charge in [-0.3, -0.25) is 4.99 Å². The number of ether oxygens (including phenoxy) is 1. The molecule has 1 N–H and O–H groups in total. The minimum Gasteiger partial charge on any atom is -0.461 e. The first-order valence-electron chi connectivity index (χ1n) is 8.36. The van der Waals surface area contributed by atoms with Gasteiger partial charge in [0.15, 0.2) is 11.6 Å². The van der Waals surface area contributed by atoms with Crippen LogP contribution in [0.5, 0.6) is 0 Å². The molecule has 1 aliphatic carbocycles. The lowest BCUT2D eigenvalue weighted by Gasteiger charge is -2.10. The average Bonchev–Trinajstić information content (AvgIpc) is 3.23. The van der Waals surface area contributed by atoms with Gasteiger partial charge in [-0.1, -0.05) is 31.2 Å². The zero-order chi connectivity index (χ0) is 15.9. The monoisotopic (exact) mass is 348 g/mol. The van der Waals surface area contributed by atoms with E-state index in [-0.39, 0.29) is 12.4 Å². The van der Waals surface area contributed by atoms with Gasteiger partial charge in [0.25, 0.3) is 0 Å². The van der Waals surface area contributed by atoms with Crippen molar-refractivity contribution in [1.29, 1.82) is 0 Å². The summed E-state index contributed by atoms with van der Waals surface area (Å²) >= 11 is 0. The number of aliphatic imine (C=N–C) groups is 1. The molecule has 0 unspecified atom stereocenters. The van der Waals surface area contributed by atoms with Gasteiger partial charge in [-0.05, 0) is 42.5 Å². The first-order valence-corrected chi connectivity index (χ1v) is 8.36. The van der Waals surface area contributed by atoms with E-state index in [2.05, 4.69) is 30.4 Å². The van der Waals surface area contributed by atoms with Gasteiger partial charge in [-0.15, -0.1) is 12.4 Å². The fourth-order valence-electron chi connectivity index (χ4n) is 2.37. The van der Waals surface area contributed by atoms with Gasteiger partial charge in [0.1, 0.15) is 0 Å². The van der Waals surface area contributed by atoms with Gasteiger partial charge in [-0.25, -0.2) is 0 Å². The summed E-state index contributed by atoms with van der Waals surface area (Å²) in [6.45, 7) is 4.18. The Bertz CT molecular complexity index is 637. The summed E-state index contributed by atoms with van der Waals surface area (Å²) in [4.78, 5) is 4.76. The maximum Gasteiger partial charge on any atom is 0.168 e. The lowest BCUT2D eigenvalue weighted by molar-refractivity contribution is 0.121. The van der Waals surface area contributed by atoms with Crippen LogP contribution in [0.25, 0.3) is 0 Å². The highest BCUT2D eigenvalue weighted by atomic mass is 35.5. The van der Waals surface area contributed by atoms with Gasteiger partial charge in [0.2, 0.25) is 0 Å². The van der Waals surface area contributed by atoms with E-state index in [9.17, 15) is 0 Å². The molecule has 1 aromatic carbocycles. The van der Waals surface area contributed by atoms with E-state index >= 15 is 0 Å². The number of hydrogen-bond donors (Lipinski definition) is 1. The molecule has 2 aromatic rings. The van der Waals surface area contributed by atoms with Crippen molar-refractivity contribution in [2.75, 3.05) is 6.61 Å². The molecule has 1 fully saturated rings. The molecule has 3 rings (SSSR count). The third-order valence-electron chi connectivity index (χ3n) is 3.80. The van der Waals surface area contributed by atoms with Crippen LogP contribution in [-0.2, 0) is 17.9 Å². The van der Waals surface area contributed by atoms with Crippen LogP contribution in [-0.4, -0.2) is 18.5 Å². The topological polar surface area (TPSA) is 46.8 Å². The van der Waals surface area contributed by atoms with Crippen molar-refractivity contribution in [1.82, 2.24) is 5.32 Å². The second kappa shape index (κ2) is 9.50. The summed E-state index contributed by atoms with van der Waals surface area (Å²) in [5.41, 5.74) is 2.40. The molecule has 0 atom stereocenters. The third-order valence-corrected chi connectivity index (χ3v) is 3.80. The molecular formula is C19H25ClN2O2. The molecule has 1 saturated carbocycles. The number of furan rings is 1. The SMILES string of the molecule is CCCOCc1ccccc1CN=C(NC1CC1)c1ccco1.Cl. The van der Waals surface area contributed by atoms with Crippen LogP contribution >= 0.6 is 12.4 Å². The predicted molar refractivity (Wildman–Crippen MR) is 98.7 cm³/mol. The van der Waals surface area contributed by atoms with Crippen LogP contribution in [0.1, 0.15) is 43.1 Å². The zero-order valence-corrected chi connectivity index (χ0v) is 14.8. The molecule has 0 saturated heterocycles. The van der Waals surface area contributed by atoms with Crippen molar-refractivity contribution >= 4 is 18.2 Å². The summed E-state index contributed by atoms with van der Waals surface area (Å²) in [6, 6.07) is 12.7. The molecule has 130 valence electrons. The zero-order valence-electron chi connectivity index (χ0n) is 14.0. The molecule has 0 spiro atoms. The van der Waals surface area contributed by atoms with E-state index in [1.165, 1.54) is 24.0 Å². The van der Waals surface area contributed by atoms with E-state index in [1.54, 1.807) is 6.26 Å². The highest BCUT2D eigenvalue weighted by molar-refractivity contribution is 5.96. The number of nitrogens with zero attached hydrogens (tertiary/aromatic N) is 1. The summed E-state index contributed by atoms with van der Waals surface area (Å²) in [7, 11) is 0. The van der Waals surface area contributed by atoms with Crippen LogP contribution in [0, 0.1) is 0 Å². The summed E-state index contributed by atoms with van der Waals surface area (Å²) < 4.78 is 11.2. The summed E-state index contributed by atoms with van der Waals surface area (Å²) in [6.07, 6.45) is 5.14. The molecule has 1 aromatic heterocycles. The van der Waals surface area contributed by atoms with E-state index in [1.807, 2.05) is 18.2 Å². The largest absolute Gasteiger partial charge is 0.461 e. The maximum absolute atomic E-state index is 5.68. The highest BCUT2D eigenvalue weighted by Crippen LogP contribution is 2.20. The predicted octanol–water partition coefficient (Wildman–Crippen LogP) is 4.33. The summed E-state index contributed by atoms with van der Waals surface area (Å²) in [5.74, 6) is 1.65. The number of benzene rings is 1. The highest BCUT2D eigenvalue weighted by Gasteiger charge is 2.23. The van der Waals surface area contributed by atoms with Crippen molar-refractivity contribution in [2.24, 2.45) is 4.99 Å². The van der Waals surface area contributed by atoms with Gasteiger partial charge in [0.05, 0.1) is 19.4 Å². The lowest BCUT2D eigenvalue weighted by Crippen LogP contribution is -2.26. The molecule has 0 radical (unpaired) electrons. The van der Waals surface area contributed by atoms with Gasteiger partial charge in [0, 0.05) is 12.6 Å². The quantitative estimate of drug-likeness (QED) is 0.439. The van der Waals surface area contributed by atoms with Crippen molar-refractivity contribution in [3.63, 3.8) is 0 Å². The minimum atomic E-state index is 0. The molecule has 0 aliphatic heterocycles. The Kier molecular flexibility index (Phi) is 7.35. The maximum atomic E-state index is 5.68. The van der Waals surface area contributed by atoms with Crippen molar-refractivity contribution in [3.05, 3.63) is 59.5 Å². The second-order valence-corrected chi connectivity index (χ2v) is 5.88. The molecule has 1 heterocycles. The number of nitrogens with one attached hydrogen (secondary N) is 1. The standard InChI is InChI=1S/C19H24N2O2.ClH/c1-2-11-22-14-16-7-4-3-6-15(16)13-20-19(21-17-9-10-17)18-8-5-12-23-18;/h3-8,12,17H,2,9-11,13-14H2,1H3,(H,20,21);1H. The van der Waals surface area contributed by atoms with Crippen molar-refractivity contribution in [2.45, 2.75) is 45.4 Å². The smallest absolute Gasteiger partial charge is 0.168 e. The first-order chi connectivity index (χ1) is 11.4. The first kappa shape index (κ1) is 18.6. The van der Waals surface area contributed by atoms with Gasteiger partial charge >= 0.3 is 0 Å². The van der Waals surface area contributed by atoms with Gasteiger partial charge in [-0.2, -0.15) is 0 Å². The normalized spacial score (nSPS) is 14.3. The Morgan fingerprint density at radius 2 is 2.00 bits per heavy atom. The van der Waals surface area contributed by atoms with Crippen LogP contribution in [0.15, 0.2) is 52.1 Å². The number of halogens is 1. The van der Waals surface area contributed by atoms with E-state index in [0.717, 1.165) is 24.6 Å². The molecule has 1 aliphatic rings. The number of hydrogen-bond acceptors (Lipinski definition) is 3. The van der Waals surface area contributed by atoms with E-state index < -0.39 is 0 Å². The fraction of sp³-hybridized carbons (Fsp3) is 0.421. The molecule has 0 bridgehead atoms. The molecule has 5 heteroatoms. The Hall–Kier alpha value is -1.78. The van der Waals surface area contributed by atoms with E-state index in [4.69, 9.17) is 14.1 Å². The molecule has 24 heavy (non-hydrogen) atoms. The van der Waals surface area contributed by atoms with Crippen molar-refractivity contribution in [3.8, 4) is 0 Å². The number of rotatable bonds is 8. The van der Waals surface area contributed by atoms with E-state index in [0.29, 0.717) is 19.2 Å². The average molecular weight is 349 g/mol. The third kappa shape index (κ3) is 5.39. The summed E-state index contributed by atoms with van der Waals surface area (Å²) in [5, 5.41) is 3.46. The number of amidine groups is 1. The van der Waals surface area contributed by atoms with Crippen LogP contribution < -0.4 is 5.32 Å². The fourth-order valence-corrected chi connectivity index (χ4v) is 2.37. The Morgan fingerprint density at radius 3 is 2.67 bits per heavy atom. The minimum absolute atomic E-state index is 0. The van der Waals surface area contributed by atoms with Crippen LogP contribution in [0.4, 0.5) is 0 Å².